The first kappa shape index (κ1) is 16.1. The summed E-state index contributed by atoms with van der Waals surface area (Å²) in [6.45, 7) is 0.540. The number of hydrogen-bond donors (Lipinski definition) is 0. The minimum atomic E-state index is -0.525. The van der Waals surface area contributed by atoms with Crippen LogP contribution in [0.1, 0.15) is 29.6 Å². The summed E-state index contributed by atoms with van der Waals surface area (Å²) in [7, 11) is 4.40. The van der Waals surface area contributed by atoms with Gasteiger partial charge in [0, 0.05) is 18.2 Å². The van der Waals surface area contributed by atoms with Gasteiger partial charge in [-0.25, -0.2) is 4.79 Å². The van der Waals surface area contributed by atoms with Crippen LogP contribution in [0.15, 0.2) is 18.2 Å². The lowest BCUT2D eigenvalue weighted by Crippen LogP contribution is -2.48. The molecule has 1 aliphatic heterocycles. The molecular weight excluding hydrogens is 286 g/mol. The number of rotatable bonds is 4. The van der Waals surface area contributed by atoms with Gasteiger partial charge in [-0.1, -0.05) is 0 Å². The molecule has 0 spiro atoms. The van der Waals surface area contributed by atoms with Crippen LogP contribution in [0.25, 0.3) is 0 Å². The maximum atomic E-state index is 12.8. The molecule has 1 atom stereocenters. The van der Waals surface area contributed by atoms with Crippen LogP contribution in [-0.2, 0) is 9.53 Å². The molecule has 6 heteroatoms. The van der Waals surface area contributed by atoms with Crippen molar-refractivity contribution in [3.8, 4) is 11.5 Å². The molecule has 1 saturated heterocycles. The Kier molecular flexibility index (Phi) is 5.25. The summed E-state index contributed by atoms with van der Waals surface area (Å²) in [6, 6.07) is 4.47. The van der Waals surface area contributed by atoms with Crippen molar-refractivity contribution in [2.75, 3.05) is 27.9 Å². The third-order valence-corrected chi connectivity index (χ3v) is 3.84. The fourth-order valence-corrected chi connectivity index (χ4v) is 2.65. The smallest absolute Gasteiger partial charge is 0.328 e. The molecule has 22 heavy (non-hydrogen) atoms. The van der Waals surface area contributed by atoms with Gasteiger partial charge in [0.15, 0.2) is 0 Å². The van der Waals surface area contributed by atoms with Crippen LogP contribution in [0.2, 0.25) is 0 Å². The molecule has 120 valence electrons. The highest BCUT2D eigenvalue weighted by Crippen LogP contribution is 2.26. The van der Waals surface area contributed by atoms with Crippen LogP contribution in [0.5, 0.6) is 11.5 Å². The molecule has 1 unspecified atom stereocenters. The molecule has 1 amide bonds. The van der Waals surface area contributed by atoms with Gasteiger partial charge in [-0.3, -0.25) is 4.79 Å². The Labute approximate surface area is 129 Å². The predicted molar refractivity (Wildman–Crippen MR) is 80.2 cm³/mol. The quantitative estimate of drug-likeness (QED) is 0.795. The van der Waals surface area contributed by atoms with Crippen LogP contribution in [-0.4, -0.2) is 50.7 Å². The second-order valence-corrected chi connectivity index (χ2v) is 5.13. The largest absolute Gasteiger partial charge is 0.497 e. The molecular formula is C16H21NO5. The highest BCUT2D eigenvalue weighted by molar-refractivity contribution is 5.97. The van der Waals surface area contributed by atoms with Crippen molar-refractivity contribution in [1.29, 1.82) is 0 Å². The highest BCUT2D eigenvalue weighted by atomic mass is 16.5. The van der Waals surface area contributed by atoms with Crippen molar-refractivity contribution in [1.82, 2.24) is 4.90 Å². The molecule has 1 heterocycles. The molecule has 2 rings (SSSR count). The second kappa shape index (κ2) is 7.15. The molecule has 0 aromatic heterocycles. The first-order chi connectivity index (χ1) is 10.6. The molecule has 1 fully saturated rings. The Balaban J connectivity index is 2.30. The first-order valence-electron chi connectivity index (χ1n) is 7.22. The number of esters is 1. The number of carbonyl (C=O) groups is 2. The minimum absolute atomic E-state index is 0.215. The van der Waals surface area contributed by atoms with Crippen molar-refractivity contribution in [2.24, 2.45) is 0 Å². The van der Waals surface area contributed by atoms with Gasteiger partial charge in [0.1, 0.15) is 17.5 Å². The van der Waals surface area contributed by atoms with E-state index >= 15 is 0 Å². The molecule has 1 aromatic rings. The van der Waals surface area contributed by atoms with Crippen LogP contribution in [0, 0.1) is 0 Å². The van der Waals surface area contributed by atoms with Crippen molar-refractivity contribution < 1.29 is 23.8 Å². The number of amides is 1. The normalized spacial score (nSPS) is 17.8. The van der Waals surface area contributed by atoms with Gasteiger partial charge < -0.3 is 19.1 Å². The van der Waals surface area contributed by atoms with Gasteiger partial charge in [0.25, 0.3) is 5.91 Å². The summed E-state index contributed by atoms with van der Waals surface area (Å²) in [4.78, 5) is 26.2. The van der Waals surface area contributed by atoms with E-state index in [1.54, 1.807) is 23.1 Å². The fourth-order valence-electron chi connectivity index (χ4n) is 2.65. The summed E-state index contributed by atoms with van der Waals surface area (Å²) in [6.07, 6.45) is 2.41. The topological polar surface area (TPSA) is 65.1 Å². The van der Waals surface area contributed by atoms with Gasteiger partial charge in [-0.05, 0) is 31.4 Å². The maximum Gasteiger partial charge on any atom is 0.328 e. The lowest BCUT2D eigenvalue weighted by molar-refractivity contribution is -0.147. The number of carbonyl (C=O) groups excluding carboxylic acids is 2. The predicted octanol–water partition coefficient (Wildman–Crippen LogP) is 1.87. The first-order valence-corrected chi connectivity index (χ1v) is 7.22. The average molecular weight is 307 g/mol. The second-order valence-electron chi connectivity index (χ2n) is 5.13. The van der Waals surface area contributed by atoms with E-state index < -0.39 is 6.04 Å². The summed E-state index contributed by atoms with van der Waals surface area (Å²) in [5, 5.41) is 0. The third-order valence-electron chi connectivity index (χ3n) is 3.84. The third kappa shape index (κ3) is 3.32. The Hall–Kier alpha value is -2.24. The molecule has 0 saturated carbocycles. The van der Waals surface area contributed by atoms with E-state index in [0.717, 1.165) is 12.8 Å². The number of methoxy groups -OCH3 is 3. The van der Waals surface area contributed by atoms with Crippen LogP contribution in [0.4, 0.5) is 0 Å². The van der Waals surface area contributed by atoms with Gasteiger partial charge in [0.05, 0.1) is 21.3 Å². The lowest BCUT2D eigenvalue weighted by atomic mass is 10.0. The number of ether oxygens (including phenoxy) is 3. The minimum Gasteiger partial charge on any atom is -0.497 e. The van der Waals surface area contributed by atoms with E-state index in [4.69, 9.17) is 14.2 Å². The Bertz CT molecular complexity index is 535. The number of hydrogen-bond acceptors (Lipinski definition) is 5. The summed E-state index contributed by atoms with van der Waals surface area (Å²) < 4.78 is 15.2. The standard InChI is InChI=1S/C16H21NO5/c1-20-12-8-11(9-13(10-12)21-2)15(18)17-7-5-4-6-14(17)16(19)22-3/h8-10,14H,4-7H2,1-3H3. The monoisotopic (exact) mass is 307 g/mol. The van der Waals surface area contributed by atoms with Gasteiger partial charge in [-0.15, -0.1) is 0 Å². The SMILES string of the molecule is COC(=O)C1CCCCN1C(=O)c1cc(OC)cc(OC)c1. The van der Waals surface area contributed by atoms with E-state index in [9.17, 15) is 9.59 Å². The molecule has 0 N–H and O–H groups in total. The molecule has 0 aliphatic carbocycles. The number of nitrogens with zero attached hydrogens (tertiary/aromatic N) is 1. The van der Waals surface area contributed by atoms with Crippen LogP contribution in [0.3, 0.4) is 0 Å². The van der Waals surface area contributed by atoms with E-state index in [1.807, 2.05) is 0 Å². The molecule has 1 aromatic carbocycles. The maximum absolute atomic E-state index is 12.8. The zero-order valence-corrected chi connectivity index (χ0v) is 13.1. The Morgan fingerprint density at radius 2 is 1.68 bits per heavy atom. The van der Waals surface area contributed by atoms with E-state index in [1.165, 1.54) is 21.3 Å². The van der Waals surface area contributed by atoms with E-state index in [2.05, 4.69) is 0 Å². The van der Waals surface area contributed by atoms with E-state index in [-0.39, 0.29) is 11.9 Å². The molecule has 0 radical (unpaired) electrons. The molecule has 6 nitrogen and oxygen atoms in total. The van der Waals surface area contributed by atoms with Gasteiger partial charge >= 0.3 is 5.97 Å². The number of piperidine rings is 1. The zero-order valence-electron chi connectivity index (χ0n) is 13.1. The number of benzene rings is 1. The summed E-state index contributed by atoms with van der Waals surface area (Å²) in [5.74, 6) is 0.485. The highest BCUT2D eigenvalue weighted by Gasteiger charge is 2.33. The summed E-state index contributed by atoms with van der Waals surface area (Å²) >= 11 is 0. The van der Waals surface area contributed by atoms with Crippen LogP contribution >= 0.6 is 0 Å². The van der Waals surface area contributed by atoms with Gasteiger partial charge in [0.2, 0.25) is 0 Å². The van der Waals surface area contributed by atoms with Crippen molar-refractivity contribution >= 4 is 11.9 Å². The molecule has 0 bridgehead atoms. The van der Waals surface area contributed by atoms with E-state index in [0.29, 0.717) is 30.0 Å². The Morgan fingerprint density at radius 1 is 1.05 bits per heavy atom. The Morgan fingerprint density at radius 3 is 2.23 bits per heavy atom. The molecule has 1 aliphatic rings. The van der Waals surface area contributed by atoms with Crippen molar-refractivity contribution in [2.45, 2.75) is 25.3 Å². The zero-order chi connectivity index (χ0) is 16.1. The fraction of sp³-hybridized carbons (Fsp3) is 0.500. The van der Waals surface area contributed by atoms with Crippen LogP contribution < -0.4 is 9.47 Å². The lowest BCUT2D eigenvalue weighted by Gasteiger charge is -2.33. The average Bonchev–Trinajstić information content (AvgIpc) is 2.59. The number of likely N-dealkylation sites (tertiary alicyclic amines) is 1. The van der Waals surface area contributed by atoms with Gasteiger partial charge in [-0.2, -0.15) is 0 Å². The van der Waals surface area contributed by atoms with Crippen molar-refractivity contribution in [3.63, 3.8) is 0 Å². The van der Waals surface area contributed by atoms with Crippen molar-refractivity contribution in [3.05, 3.63) is 23.8 Å². The summed E-state index contributed by atoms with van der Waals surface area (Å²) in [5.41, 5.74) is 0.437.